The average molecular weight is 884 g/mol. The van der Waals surface area contributed by atoms with Crippen LogP contribution in [0.5, 0.6) is 0 Å². The van der Waals surface area contributed by atoms with Gasteiger partial charge in [0.15, 0.2) is 18.9 Å². The number of piperidine rings is 1. The van der Waals surface area contributed by atoms with E-state index in [1.165, 1.54) is 25.3 Å². The van der Waals surface area contributed by atoms with Gasteiger partial charge >= 0.3 is 0 Å². The maximum Gasteiger partial charge on any atom is 0.187 e. The lowest BCUT2D eigenvalue weighted by atomic mass is 9.47. The Labute approximate surface area is 364 Å². The van der Waals surface area contributed by atoms with E-state index in [0.29, 0.717) is 48.3 Å². The first kappa shape index (κ1) is 46.2. The van der Waals surface area contributed by atoms with Gasteiger partial charge in [0, 0.05) is 12.5 Å². The van der Waals surface area contributed by atoms with Gasteiger partial charge in [-0.05, 0) is 105 Å². The van der Waals surface area contributed by atoms with Crippen molar-refractivity contribution in [2.75, 3.05) is 19.8 Å². The molecule has 9 aliphatic rings. The van der Waals surface area contributed by atoms with Gasteiger partial charge in [-0.3, -0.25) is 5.32 Å². The highest BCUT2D eigenvalue weighted by Crippen LogP contribution is 2.70. The second-order valence-corrected chi connectivity index (χ2v) is 21.2. The van der Waals surface area contributed by atoms with Crippen LogP contribution < -0.4 is 5.32 Å². The summed E-state index contributed by atoms with van der Waals surface area (Å²) in [5.74, 6) is 3.32. The molecule has 5 heterocycles. The number of aliphatic hydroxyl groups is 9. The van der Waals surface area contributed by atoms with E-state index in [2.05, 4.69) is 39.1 Å². The minimum absolute atomic E-state index is 0.0361. The summed E-state index contributed by atoms with van der Waals surface area (Å²) in [5, 5.41) is 99.7. The van der Waals surface area contributed by atoms with E-state index >= 15 is 0 Å². The van der Waals surface area contributed by atoms with Gasteiger partial charge in [-0.1, -0.05) is 39.3 Å². The molecule has 2 unspecified atom stereocenters. The van der Waals surface area contributed by atoms with Crippen molar-refractivity contribution in [3.8, 4) is 0 Å². The molecule has 5 saturated heterocycles. The first-order valence-corrected chi connectivity index (χ1v) is 23.5. The number of rotatable bonds is 8. The highest BCUT2D eigenvalue weighted by Gasteiger charge is 2.68. The summed E-state index contributed by atoms with van der Waals surface area (Å²) in [4.78, 5) is 0. The standard InChI is InChI=1S/C45H73NO16/c1-19-8-13-45(46-16-19)20(2)30-27(62-45)15-26-24-7-6-22-14-23(9-11-43(22,4)25(24)10-12-44(26,30)5)57-42-39(61-40-36(54)34(52)31(49)21(3)56-40)38(33(51)29(18-48)59-42)60-41-37(55)35(53)32(50)28(17-47)58-41/h6,19-21,23-42,46-55H,7-18H2,1-5H3/t19?,20-,21-,23-,24+,25-,26-,27-,28+,29+,30-,31-,32+,33-,34+,35-,36+,37+,38-,39+,40-,41-,42+,43-,44-,45?/m0/s1. The zero-order valence-electron chi connectivity index (χ0n) is 36.7. The highest BCUT2D eigenvalue weighted by atomic mass is 16.8. The topological polar surface area (TPSA) is 259 Å². The predicted octanol–water partition coefficient (Wildman–Crippen LogP) is -0.213. The van der Waals surface area contributed by atoms with Gasteiger partial charge in [-0.2, -0.15) is 0 Å². The molecule has 17 heteroatoms. The average Bonchev–Trinajstić information content (AvgIpc) is 3.70. The van der Waals surface area contributed by atoms with Gasteiger partial charge in [0.25, 0.3) is 0 Å². The number of nitrogens with one attached hydrogen (secondary N) is 1. The van der Waals surface area contributed by atoms with Gasteiger partial charge in [0.1, 0.15) is 72.9 Å². The maximum absolute atomic E-state index is 11.6. The fourth-order valence-electron chi connectivity index (χ4n) is 14.2. The summed E-state index contributed by atoms with van der Waals surface area (Å²) in [6.45, 7) is 10.8. The van der Waals surface area contributed by atoms with Crippen molar-refractivity contribution in [3.05, 3.63) is 11.6 Å². The lowest BCUT2D eigenvalue weighted by Crippen LogP contribution is -2.67. The number of hydrogen-bond donors (Lipinski definition) is 10. The van der Waals surface area contributed by atoms with Crippen molar-refractivity contribution in [2.24, 2.45) is 46.3 Å². The normalized spacial score (nSPS) is 57.6. The summed E-state index contributed by atoms with van der Waals surface area (Å²) in [7, 11) is 0. The quantitative estimate of drug-likeness (QED) is 0.142. The van der Waals surface area contributed by atoms with Crippen LogP contribution in [0.25, 0.3) is 0 Å². The van der Waals surface area contributed by atoms with Crippen molar-refractivity contribution >= 4 is 0 Å². The molecule has 4 aliphatic carbocycles. The zero-order valence-corrected chi connectivity index (χ0v) is 36.7. The molecule has 0 radical (unpaired) electrons. The van der Waals surface area contributed by atoms with Crippen LogP contribution in [0, 0.1) is 46.3 Å². The molecule has 10 N–H and O–H groups in total. The van der Waals surface area contributed by atoms with Crippen LogP contribution in [0.4, 0.5) is 0 Å². The van der Waals surface area contributed by atoms with Crippen LogP contribution in [0.1, 0.15) is 92.4 Å². The second-order valence-electron chi connectivity index (χ2n) is 21.2. The molecular weight excluding hydrogens is 810 g/mol. The second kappa shape index (κ2) is 17.3. The van der Waals surface area contributed by atoms with Gasteiger partial charge in [0.05, 0.1) is 31.5 Å². The molecule has 17 nitrogen and oxygen atoms in total. The molecule has 8 fully saturated rings. The molecule has 0 bridgehead atoms. The fraction of sp³-hybridized carbons (Fsp3) is 0.956. The third-order valence-corrected chi connectivity index (χ3v) is 17.9. The fourth-order valence-corrected chi connectivity index (χ4v) is 14.2. The van der Waals surface area contributed by atoms with E-state index in [-0.39, 0.29) is 22.7 Å². The molecule has 0 amide bonds. The van der Waals surface area contributed by atoms with Crippen molar-refractivity contribution in [3.63, 3.8) is 0 Å². The largest absolute Gasteiger partial charge is 0.394 e. The Morgan fingerprint density at radius 1 is 0.694 bits per heavy atom. The Bertz CT molecular complexity index is 1610. The third-order valence-electron chi connectivity index (χ3n) is 17.9. The highest BCUT2D eigenvalue weighted by molar-refractivity contribution is 5.26. The van der Waals surface area contributed by atoms with Crippen LogP contribution in [0.2, 0.25) is 0 Å². The molecule has 9 rings (SSSR count). The molecule has 3 saturated carbocycles. The molecule has 354 valence electrons. The van der Waals surface area contributed by atoms with Gasteiger partial charge in [-0.15, -0.1) is 0 Å². The van der Waals surface area contributed by atoms with Crippen molar-refractivity contribution in [1.29, 1.82) is 0 Å². The maximum atomic E-state index is 11.6. The van der Waals surface area contributed by atoms with Crippen LogP contribution in [0.3, 0.4) is 0 Å². The molecule has 62 heavy (non-hydrogen) atoms. The monoisotopic (exact) mass is 883 g/mol. The van der Waals surface area contributed by atoms with E-state index in [1.807, 2.05) is 0 Å². The number of fused-ring (bicyclic) bond motifs is 7. The Balaban J connectivity index is 0.940. The number of ether oxygens (including phenoxy) is 7. The van der Waals surface area contributed by atoms with E-state index in [4.69, 9.17) is 33.2 Å². The predicted molar refractivity (Wildman–Crippen MR) is 216 cm³/mol. The lowest BCUT2D eigenvalue weighted by molar-refractivity contribution is -0.394. The van der Waals surface area contributed by atoms with Crippen molar-refractivity contribution in [2.45, 2.75) is 202 Å². The summed E-state index contributed by atoms with van der Waals surface area (Å²) >= 11 is 0. The molecule has 26 atom stereocenters. The lowest BCUT2D eigenvalue weighted by Gasteiger charge is -2.59. The number of hydrogen-bond acceptors (Lipinski definition) is 17. The van der Waals surface area contributed by atoms with E-state index < -0.39 is 111 Å². The van der Waals surface area contributed by atoms with Crippen LogP contribution in [-0.2, 0) is 33.2 Å². The summed E-state index contributed by atoms with van der Waals surface area (Å²) in [6, 6.07) is 0. The minimum atomic E-state index is -1.84. The van der Waals surface area contributed by atoms with E-state index in [9.17, 15) is 46.0 Å². The molecule has 0 aromatic rings. The van der Waals surface area contributed by atoms with Crippen LogP contribution >= 0.6 is 0 Å². The zero-order chi connectivity index (χ0) is 44.2. The summed E-state index contributed by atoms with van der Waals surface area (Å²) in [5.41, 5.74) is 1.32. The van der Waals surface area contributed by atoms with E-state index in [0.717, 1.165) is 38.6 Å². The van der Waals surface area contributed by atoms with Crippen LogP contribution in [0.15, 0.2) is 11.6 Å². The number of allylic oxidation sites excluding steroid dienone is 1. The van der Waals surface area contributed by atoms with Crippen molar-refractivity contribution < 1.29 is 79.1 Å². The molecular formula is C45H73NO16. The molecule has 1 spiro atoms. The third kappa shape index (κ3) is 7.49. The Morgan fingerprint density at radius 2 is 1.35 bits per heavy atom. The minimum Gasteiger partial charge on any atom is -0.394 e. The Morgan fingerprint density at radius 3 is 2.05 bits per heavy atom. The smallest absolute Gasteiger partial charge is 0.187 e. The van der Waals surface area contributed by atoms with Gasteiger partial charge in [-0.25, -0.2) is 0 Å². The first-order valence-electron chi connectivity index (χ1n) is 23.5. The summed E-state index contributed by atoms with van der Waals surface area (Å²) < 4.78 is 43.9. The first-order chi connectivity index (χ1) is 29.4. The Hall–Kier alpha value is -0.940. The Kier molecular flexibility index (Phi) is 12.9. The molecule has 5 aliphatic heterocycles. The van der Waals surface area contributed by atoms with Gasteiger partial charge in [0.2, 0.25) is 0 Å². The van der Waals surface area contributed by atoms with Crippen molar-refractivity contribution in [1.82, 2.24) is 5.32 Å². The summed E-state index contributed by atoms with van der Waals surface area (Å²) in [6.07, 6.45) is -11.9. The molecule has 0 aromatic carbocycles. The van der Waals surface area contributed by atoms with E-state index in [1.54, 1.807) is 0 Å². The SMILES string of the molecule is CC1CCC2(NC1)O[C@H]1C[C@H]3[C@@H]4CC=C5C[C@@H](O[C@@H]6O[C@H](CO)[C@H](O)[C@H](O[C@@H]7O[C@H](CO)[C@@H](O)[C@H](O)[C@H]7O)[C@H]6O[C@@H]6O[C@@H](C)[C@H](O)[C@@H](O)[C@H]6O)CC[C@]5(C)[C@H]4CC[C@]3(C)[C@H]1[C@@H]2C. The molecule has 0 aromatic heterocycles. The van der Waals surface area contributed by atoms with Gasteiger partial charge < -0.3 is 79.1 Å². The number of aliphatic hydroxyl groups excluding tert-OH is 9. The van der Waals surface area contributed by atoms with Crippen LogP contribution in [-0.4, -0.2) is 176 Å².